The minimum atomic E-state index is -1.00. The number of aromatic carboxylic acids is 1. The summed E-state index contributed by atoms with van der Waals surface area (Å²) >= 11 is 0. The van der Waals surface area contributed by atoms with E-state index in [0.29, 0.717) is 44.1 Å². The van der Waals surface area contributed by atoms with E-state index in [1.54, 1.807) is 18.3 Å². The Morgan fingerprint density at radius 3 is 2.63 bits per heavy atom. The molecule has 2 fully saturated rings. The molecule has 0 saturated carbocycles. The maximum atomic E-state index is 12.6. The van der Waals surface area contributed by atoms with Crippen molar-refractivity contribution < 1.29 is 19.5 Å². The number of imide groups is 1. The molecule has 3 heterocycles. The third-order valence-electron chi connectivity index (χ3n) is 5.59. The molecule has 0 aromatic carbocycles. The van der Waals surface area contributed by atoms with Crippen molar-refractivity contribution in [2.45, 2.75) is 45.1 Å². The molecule has 146 valence electrons. The summed E-state index contributed by atoms with van der Waals surface area (Å²) in [6.45, 7) is 5.38. The summed E-state index contributed by atoms with van der Waals surface area (Å²) in [7, 11) is 0. The largest absolute Gasteiger partial charge is 0.478 e. The van der Waals surface area contributed by atoms with Gasteiger partial charge in [0.25, 0.3) is 5.91 Å². The molecular formula is C19H26N4O4. The standard InChI is InChI=1S/C19H26N4O4/c1-12(2)5-8-19(17(26)21-18(27)22-19)13-6-10-23(11-7-13)15-14(16(24)25)4-3-9-20-15/h3-4,9,12-13H,5-8,10-11H2,1-2H3,(H,24,25)(H2,21,22,26,27)/t19-/m0/s1. The third-order valence-corrected chi connectivity index (χ3v) is 5.59. The third kappa shape index (κ3) is 3.74. The van der Waals surface area contributed by atoms with E-state index in [-0.39, 0.29) is 17.4 Å². The average Bonchev–Trinajstić information content (AvgIpc) is 2.94. The smallest absolute Gasteiger partial charge is 0.339 e. The Bertz CT molecular complexity index is 743. The van der Waals surface area contributed by atoms with Crippen molar-refractivity contribution in [3.05, 3.63) is 23.9 Å². The number of hydrogen-bond donors (Lipinski definition) is 3. The molecule has 8 heteroatoms. The number of carbonyl (C=O) groups is 3. The highest BCUT2D eigenvalue weighted by Crippen LogP contribution is 2.36. The molecule has 1 atom stereocenters. The molecule has 2 aliphatic rings. The van der Waals surface area contributed by atoms with Crippen LogP contribution in [0.5, 0.6) is 0 Å². The van der Waals surface area contributed by atoms with Crippen molar-refractivity contribution in [1.29, 1.82) is 0 Å². The SMILES string of the molecule is CC(C)CC[C@@]1(C2CCN(c3ncccc3C(=O)O)CC2)NC(=O)NC1=O. The van der Waals surface area contributed by atoms with E-state index in [1.165, 1.54) is 0 Å². The topological polar surface area (TPSA) is 112 Å². The summed E-state index contributed by atoms with van der Waals surface area (Å²) in [6.07, 6.45) is 4.40. The fraction of sp³-hybridized carbons (Fsp3) is 0.579. The number of rotatable bonds is 6. The van der Waals surface area contributed by atoms with Gasteiger partial charge < -0.3 is 15.3 Å². The first kappa shape index (κ1) is 19.1. The highest BCUT2D eigenvalue weighted by atomic mass is 16.4. The van der Waals surface area contributed by atoms with Gasteiger partial charge in [-0.1, -0.05) is 13.8 Å². The van der Waals surface area contributed by atoms with Gasteiger partial charge in [-0.05, 0) is 49.7 Å². The molecule has 2 aliphatic heterocycles. The van der Waals surface area contributed by atoms with Gasteiger partial charge in [-0.25, -0.2) is 14.6 Å². The zero-order valence-electron chi connectivity index (χ0n) is 15.7. The Hall–Kier alpha value is -2.64. The Morgan fingerprint density at radius 1 is 1.37 bits per heavy atom. The summed E-state index contributed by atoms with van der Waals surface area (Å²) in [5, 5.41) is 14.7. The van der Waals surface area contributed by atoms with E-state index in [2.05, 4.69) is 29.5 Å². The molecule has 1 aromatic heterocycles. The predicted octanol–water partition coefficient (Wildman–Crippen LogP) is 2.01. The Labute approximate surface area is 158 Å². The quantitative estimate of drug-likeness (QED) is 0.657. The molecule has 8 nitrogen and oxygen atoms in total. The van der Waals surface area contributed by atoms with Crippen LogP contribution >= 0.6 is 0 Å². The van der Waals surface area contributed by atoms with Crippen molar-refractivity contribution >= 4 is 23.7 Å². The highest BCUT2D eigenvalue weighted by molar-refractivity contribution is 6.07. The van der Waals surface area contributed by atoms with Crippen molar-refractivity contribution in [1.82, 2.24) is 15.6 Å². The van der Waals surface area contributed by atoms with Crippen LogP contribution in [-0.4, -0.2) is 46.6 Å². The van der Waals surface area contributed by atoms with Crippen molar-refractivity contribution in [2.24, 2.45) is 11.8 Å². The fourth-order valence-electron chi connectivity index (χ4n) is 4.09. The van der Waals surface area contributed by atoms with Gasteiger partial charge in [-0.3, -0.25) is 10.1 Å². The summed E-state index contributed by atoms with van der Waals surface area (Å²) in [5.41, 5.74) is -0.690. The van der Waals surface area contributed by atoms with Gasteiger partial charge in [0.1, 0.15) is 16.9 Å². The molecule has 3 amide bonds. The molecule has 3 N–H and O–H groups in total. The monoisotopic (exact) mass is 374 g/mol. The predicted molar refractivity (Wildman–Crippen MR) is 99.6 cm³/mol. The van der Waals surface area contributed by atoms with E-state index in [4.69, 9.17) is 0 Å². The second-order valence-electron chi connectivity index (χ2n) is 7.75. The van der Waals surface area contributed by atoms with Gasteiger partial charge in [-0.15, -0.1) is 0 Å². The van der Waals surface area contributed by atoms with E-state index < -0.39 is 17.5 Å². The molecule has 0 radical (unpaired) electrons. The lowest BCUT2D eigenvalue weighted by Crippen LogP contribution is -2.56. The minimum absolute atomic E-state index is 0.0101. The van der Waals surface area contributed by atoms with E-state index in [9.17, 15) is 19.5 Å². The molecule has 2 saturated heterocycles. The van der Waals surface area contributed by atoms with E-state index >= 15 is 0 Å². The Balaban J connectivity index is 1.76. The van der Waals surface area contributed by atoms with Crippen LogP contribution in [0.15, 0.2) is 18.3 Å². The van der Waals surface area contributed by atoms with Crippen LogP contribution in [-0.2, 0) is 4.79 Å². The van der Waals surface area contributed by atoms with Crippen LogP contribution < -0.4 is 15.5 Å². The maximum Gasteiger partial charge on any atom is 0.339 e. The minimum Gasteiger partial charge on any atom is -0.478 e. The second kappa shape index (κ2) is 7.54. The first-order valence-corrected chi connectivity index (χ1v) is 9.40. The zero-order chi connectivity index (χ0) is 19.6. The van der Waals surface area contributed by atoms with Crippen LogP contribution in [0.3, 0.4) is 0 Å². The van der Waals surface area contributed by atoms with Crippen LogP contribution in [0, 0.1) is 11.8 Å². The summed E-state index contributed by atoms with van der Waals surface area (Å²) in [6, 6.07) is 2.73. The Morgan fingerprint density at radius 2 is 2.07 bits per heavy atom. The van der Waals surface area contributed by atoms with Gasteiger partial charge in [0.2, 0.25) is 0 Å². The number of piperidine rings is 1. The van der Waals surface area contributed by atoms with Gasteiger partial charge in [-0.2, -0.15) is 0 Å². The van der Waals surface area contributed by atoms with Crippen LogP contribution in [0.1, 0.15) is 49.9 Å². The number of urea groups is 1. The summed E-state index contributed by atoms with van der Waals surface area (Å²) < 4.78 is 0. The molecule has 0 bridgehead atoms. The van der Waals surface area contributed by atoms with E-state index in [0.717, 1.165) is 6.42 Å². The lowest BCUT2D eigenvalue weighted by molar-refractivity contribution is -0.126. The van der Waals surface area contributed by atoms with Gasteiger partial charge in [0, 0.05) is 19.3 Å². The number of hydrogen-bond acceptors (Lipinski definition) is 5. The number of carboxylic acid groups (broad SMARTS) is 1. The summed E-state index contributed by atoms with van der Waals surface area (Å²) in [4.78, 5) is 42.1. The van der Waals surface area contributed by atoms with E-state index in [1.807, 2.05) is 4.90 Å². The van der Waals surface area contributed by atoms with Gasteiger partial charge >= 0.3 is 12.0 Å². The lowest BCUT2D eigenvalue weighted by atomic mass is 9.74. The zero-order valence-corrected chi connectivity index (χ0v) is 15.7. The first-order chi connectivity index (χ1) is 12.8. The molecule has 27 heavy (non-hydrogen) atoms. The number of nitrogens with one attached hydrogen (secondary N) is 2. The van der Waals surface area contributed by atoms with Crippen molar-refractivity contribution in [3.63, 3.8) is 0 Å². The lowest BCUT2D eigenvalue weighted by Gasteiger charge is -2.41. The first-order valence-electron chi connectivity index (χ1n) is 9.40. The van der Waals surface area contributed by atoms with Gasteiger partial charge in [0.15, 0.2) is 0 Å². The molecule has 1 aromatic rings. The maximum absolute atomic E-state index is 12.6. The van der Waals surface area contributed by atoms with Crippen LogP contribution in [0.4, 0.5) is 10.6 Å². The highest BCUT2D eigenvalue weighted by Gasteiger charge is 2.51. The average molecular weight is 374 g/mol. The summed E-state index contributed by atoms with van der Waals surface area (Å²) in [5.74, 6) is -0.346. The molecule has 0 spiro atoms. The number of carbonyl (C=O) groups excluding carboxylic acids is 2. The fourth-order valence-corrected chi connectivity index (χ4v) is 4.09. The number of nitrogens with zero attached hydrogens (tertiary/aromatic N) is 2. The number of aromatic nitrogens is 1. The normalized spacial score (nSPS) is 23.4. The number of pyridine rings is 1. The van der Waals surface area contributed by atoms with Gasteiger partial charge in [0.05, 0.1) is 0 Å². The molecular weight excluding hydrogens is 348 g/mol. The number of anilines is 1. The van der Waals surface area contributed by atoms with Crippen LogP contribution in [0.25, 0.3) is 0 Å². The molecule has 3 rings (SSSR count). The molecule has 0 aliphatic carbocycles. The second-order valence-corrected chi connectivity index (χ2v) is 7.75. The van der Waals surface area contributed by atoms with Crippen molar-refractivity contribution in [3.8, 4) is 0 Å². The molecule has 0 unspecified atom stereocenters. The Kier molecular flexibility index (Phi) is 5.34. The van der Waals surface area contributed by atoms with Crippen molar-refractivity contribution in [2.75, 3.05) is 18.0 Å². The number of carboxylic acids is 1. The van der Waals surface area contributed by atoms with Crippen LogP contribution in [0.2, 0.25) is 0 Å². The number of amides is 3.